The van der Waals surface area contributed by atoms with Gasteiger partial charge in [-0.3, -0.25) is 4.79 Å². The van der Waals surface area contributed by atoms with E-state index >= 15 is 0 Å². The summed E-state index contributed by atoms with van der Waals surface area (Å²) in [6.45, 7) is 6.90. The Bertz CT molecular complexity index is 719. The van der Waals surface area contributed by atoms with E-state index in [1.165, 1.54) is 9.78 Å². The molecule has 0 bridgehead atoms. The fourth-order valence-electron chi connectivity index (χ4n) is 3.48. The maximum Gasteiger partial charge on any atom is 0.279 e. The van der Waals surface area contributed by atoms with Gasteiger partial charge in [-0.05, 0) is 55.3 Å². The molecule has 1 aromatic heterocycles. The third kappa shape index (κ3) is 5.30. The molecule has 2 atom stereocenters. The monoisotopic (exact) mass is 393 g/mol. The smallest absolute Gasteiger partial charge is 0.279 e. The van der Waals surface area contributed by atoms with E-state index in [0.717, 1.165) is 49.4 Å². The number of anilines is 1. The highest BCUT2D eigenvalue weighted by molar-refractivity contribution is 7.09. The fraction of sp³-hybridized carbons (Fsp3) is 0.450. The average molecular weight is 394 g/mol. The molecule has 1 unspecified atom stereocenters. The quantitative estimate of drug-likeness (QED) is 0.758. The molecule has 1 fully saturated rings. The Hall–Kier alpha value is -1.40. The average Bonchev–Trinajstić information content (AvgIpc) is 3.24. The van der Waals surface area contributed by atoms with Crippen molar-refractivity contribution >= 4 is 34.5 Å². The summed E-state index contributed by atoms with van der Waals surface area (Å²) >= 11 is 8.06. The first-order chi connectivity index (χ1) is 12.5. The minimum atomic E-state index is -0.0107. The molecule has 1 aromatic carbocycles. The van der Waals surface area contributed by atoms with Crippen LogP contribution in [0.1, 0.15) is 28.8 Å². The van der Waals surface area contributed by atoms with E-state index in [1.54, 1.807) is 11.3 Å². The highest BCUT2D eigenvalue weighted by Crippen LogP contribution is 2.27. The Kier molecular flexibility index (Phi) is 6.70. The van der Waals surface area contributed by atoms with E-state index in [-0.39, 0.29) is 12.0 Å². The summed E-state index contributed by atoms with van der Waals surface area (Å²) in [6.07, 6.45) is 2.45. The lowest BCUT2D eigenvalue weighted by atomic mass is 10.1. The third-order valence-electron chi connectivity index (χ3n) is 4.65. The minimum Gasteiger partial charge on any atom is -0.372 e. The molecule has 140 valence electrons. The number of aryl methyl sites for hydroxylation is 2. The van der Waals surface area contributed by atoms with Crippen LogP contribution in [0.25, 0.3) is 0 Å². The second-order valence-corrected chi connectivity index (χ2v) is 8.45. The van der Waals surface area contributed by atoms with Crippen LogP contribution in [0.3, 0.4) is 0 Å². The van der Waals surface area contributed by atoms with Crippen molar-refractivity contribution in [1.29, 1.82) is 0 Å². The number of rotatable bonds is 7. The molecule has 1 saturated heterocycles. The number of amides is 1. The molecule has 2 heterocycles. The number of nitrogens with one attached hydrogen (secondary N) is 2. The van der Waals surface area contributed by atoms with Crippen molar-refractivity contribution in [3.05, 3.63) is 50.7 Å². The maximum atomic E-state index is 12.7. The Balaban J connectivity index is 1.66. The molecule has 2 N–H and O–H groups in total. The molecule has 0 spiro atoms. The lowest BCUT2D eigenvalue weighted by Gasteiger charge is -2.22. The van der Waals surface area contributed by atoms with E-state index < -0.39 is 0 Å². The van der Waals surface area contributed by atoms with Crippen LogP contribution in [-0.4, -0.2) is 31.7 Å². The van der Waals surface area contributed by atoms with E-state index in [9.17, 15) is 4.79 Å². The van der Waals surface area contributed by atoms with Crippen LogP contribution < -0.4 is 10.2 Å². The summed E-state index contributed by atoms with van der Waals surface area (Å²) < 4.78 is 5.78. The first-order valence-electron chi connectivity index (χ1n) is 9.05. The van der Waals surface area contributed by atoms with Gasteiger partial charge in [-0.25, -0.2) is 0 Å². The minimum absolute atomic E-state index is 0.0107. The van der Waals surface area contributed by atoms with E-state index in [4.69, 9.17) is 16.3 Å². The van der Waals surface area contributed by atoms with Gasteiger partial charge in [0.25, 0.3) is 5.91 Å². The van der Waals surface area contributed by atoms with Crippen LogP contribution in [0.5, 0.6) is 0 Å². The number of hydrogen-bond donors (Lipinski definition) is 2. The Labute approximate surface area is 164 Å². The number of benzene rings is 1. The van der Waals surface area contributed by atoms with Crippen LogP contribution in [0.2, 0.25) is 5.02 Å². The zero-order valence-corrected chi connectivity index (χ0v) is 16.9. The molecule has 0 radical (unpaired) electrons. The van der Waals surface area contributed by atoms with Gasteiger partial charge in [0.2, 0.25) is 0 Å². The summed E-state index contributed by atoms with van der Waals surface area (Å²) in [5.74, 6) is -0.0107. The molecule has 1 aliphatic rings. The van der Waals surface area contributed by atoms with E-state index in [2.05, 4.69) is 22.8 Å². The van der Waals surface area contributed by atoms with E-state index in [1.807, 2.05) is 26.0 Å². The van der Waals surface area contributed by atoms with Crippen molar-refractivity contribution in [2.45, 2.75) is 39.3 Å². The predicted octanol–water partition coefficient (Wildman–Crippen LogP) is 3.22. The summed E-state index contributed by atoms with van der Waals surface area (Å²) in [4.78, 5) is 15.2. The molecule has 2 aromatic rings. The van der Waals surface area contributed by atoms with Gasteiger partial charge < -0.3 is 15.0 Å². The van der Waals surface area contributed by atoms with Crippen molar-refractivity contribution in [2.24, 2.45) is 0 Å². The Morgan fingerprint density at radius 3 is 2.92 bits per heavy atom. The van der Waals surface area contributed by atoms with Gasteiger partial charge in [-0.1, -0.05) is 23.7 Å². The van der Waals surface area contributed by atoms with Crippen molar-refractivity contribution < 1.29 is 14.4 Å². The van der Waals surface area contributed by atoms with Gasteiger partial charge >= 0.3 is 0 Å². The number of hydrogen-bond acceptors (Lipinski definition) is 3. The molecule has 3 rings (SSSR count). The topological polar surface area (TPSA) is 42.8 Å². The number of ether oxygens (including phenoxy) is 1. The summed E-state index contributed by atoms with van der Waals surface area (Å²) in [5, 5.41) is 5.68. The van der Waals surface area contributed by atoms with Gasteiger partial charge in [-0.15, -0.1) is 11.3 Å². The van der Waals surface area contributed by atoms with Crippen molar-refractivity contribution in [1.82, 2.24) is 0 Å². The lowest BCUT2D eigenvalue weighted by molar-refractivity contribution is -0.908. The molecule has 6 heteroatoms. The largest absolute Gasteiger partial charge is 0.372 e. The molecular weight excluding hydrogens is 368 g/mol. The van der Waals surface area contributed by atoms with Crippen LogP contribution >= 0.6 is 22.9 Å². The van der Waals surface area contributed by atoms with Crippen LogP contribution in [0.15, 0.2) is 29.6 Å². The fourth-order valence-corrected chi connectivity index (χ4v) is 4.62. The highest BCUT2D eigenvalue weighted by Gasteiger charge is 2.24. The second kappa shape index (κ2) is 9.00. The van der Waals surface area contributed by atoms with Crippen LogP contribution in [0, 0.1) is 13.8 Å². The number of thiophene rings is 1. The number of carbonyl (C=O) groups excluding carboxylic acids is 1. The normalized spacial score (nSPS) is 18.0. The third-order valence-corrected chi connectivity index (χ3v) is 5.83. The first kappa shape index (κ1) is 19.4. The van der Waals surface area contributed by atoms with Gasteiger partial charge in [-0.2, -0.15) is 0 Å². The second-order valence-electron chi connectivity index (χ2n) is 7.01. The zero-order valence-electron chi connectivity index (χ0n) is 15.3. The summed E-state index contributed by atoms with van der Waals surface area (Å²) in [6, 6.07) is 8.09. The van der Waals surface area contributed by atoms with Crippen LogP contribution in [0.4, 0.5) is 5.69 Å². The van der Waals surface area contributed by atoms with Crippen molar-refractivity contribution in [3.63, 3.8) is 0 Å². The van der Waals surface area contributed by atoms with Crippen molar-refractivity contribution in [3.8, 4) is 0 Å². The molecule has 0 aliphatic carbocycles. The summed E-state index contributed by atoms with van der Waals surface area (Å²) in [5.41, 5.74) is 2.80. The lowest BCUT2D eigenvalue weighted by Crippen LogP contribution is -3.12. The number of quaternary nitrogens is 1. The predicted molar refractivity (Wildman–Crippen MR) is 107 cm³/mol. The van der Waals surface area contributed by atoms with Crippen molar-refractivity contribution in [2.75, 3.05) is 25.0 Å². The number of halogens is 1. The highest BCUT2D eigenvalue weighted by atomic mass is 35.5. The Morgan fingerprint density at radius 1 is 1.42 bits per heavy atom. The van der Waals surface area contributed by atoms with Gasteiger partial charge in [0.1, 0.15) is 19.2 Å². The van der Waals surface area contributed by atoms with E-state index in [0.29, 0.717) is 11.6 Å². The molecule has 1 aliphatic heterocycles. The standard InChI is InChI=1S/C20H25ClN2O2S/c1-14-9-15(2)20(18(21)10-14)22-19(24)13-23(11-16-5-3-7-25-16)12-17-6-4-8-26-17/h4,6,8-10,16H,3,5,7,11-13H2,1-2H3,(H,22,24)/p+1/t16-/m0/s1. The van der Waals surface area contributed by atoms with Gasteiger partial charge in [0.05, 0.1) is 15.6 Å². The maximum absolute atomic E-state index is 12.7. The molecular formula is C20H26ClN2O2S+. The number of carbonyl (C=O) groups is 1. The van der Waals surface area contributed by atoms with Gasteiger partial charge in [0, 0.05) is 6.61 Å². The van der Waals surface area contributed by atoms with Crippen LogP contribution in [-0.2, 0) is 16.1 Å². The first-order valence-corrected chi connectivity index (χ1v) is 10.3. The Morgan fingerprint density at radius 2 is 2.27 bits per heavy atom. The summed E-state index contributed by atoms with van der Waals surface area (Å²) in [7, 11) is 0. The zero-order chi connectivity index (χ0) is 18.5. The molecule has 26 heavy (non-hydrogen) atoms. The molecule has 0 saturated carbocycles. The molecule has 4 nitrogen and oxygen atoms in total. The SMILES string of the molecule is Cc1cc(C)c(NC(=O)C[NH+](Cc2cccs2)C[C@@H]2CCCO2)c(Cl)c1. The molecule has 1 amide bonds. The van der Waals surface area contributed by atoms with Gasteiger partial charge in [0.15, 0.2) is 6.54 Å².